The zero-order valence-electron chi connectivity index (χ0n) is 9.11. The maximum Gasteiger partial charge on any atom is 0.338 e. The van der Waals surface area contributed by atoms with E-state index in [1.165, 1.54) is 7.11 Å². The molecule has 1 rings (SSSR count). The molecule has 0 radical (unpaired) electrons. The molecule has 0 saturated carbocycles. The molecule has 0 atom stereocenters. The zero-order chi connectivity index (χ0) is 11.4. The number of nitrogens with two attached hydrogens (primary N) is 1. The minimum Gasteiger partial charge on any atom is -0.495 e. The summed E-state index contributed by atoms with van der Waals surface area (Å²) in [5.41, 5.74) is 6.53. The van der Waals surface area contributed by atoms with E-state index in [0.717, 1.165) is 0 Å². The van der Waals surface area contributed by atoms with E-state index >= 15 is 0 Å². The fourth-order valence-corrected chi connectivity index (χ4v) is 1.14. The van der Waals surface area contributed by atoms with E-state index in [0.29, 0.717) is 17.0 Å². The van der Waals surface area contributed by atoms with Gasteiger partial charge in [0.2, 0.25) is 0 Å². The van der Waals surface area contributed by atoms with Crippen molar-refractivity contribution in [3.8, 4) is 5.75 Å². The first-order valence-electron chi connectivity index (χ1n) is 4.69. The van der Waals surface area contributed by atoms with Crippen LogP contribution in [0.4, 0.5) is 5.69 Å². The van der Waals surface area contributed by atoms with Crippen LogP contribution in [0.5, 0.6) is 5.75 Å². The molecule has 82 valence electrons. The van der Waals surface area contributed by atoms with E-state index in [1.807, 2.05) is 0 Å². The Bertz CT molecular complexity index is 361. The first-order valence-corrected chi connectivity index (χ1v) is 4.69. The third-order valence-electron chi connectivity index (χ3n) is 1.81. The smallest absolute Gasteiger partial charge is 0.338 e. The van der Waals surface area contributed by atoms with Gasteiger partial charge in [-0.2, -0.15) is 0 Å². The Morgan fingerprint density at radius 2 is 2.07 bits per heavy atom. The van der Waals surface area contributed by atoms with Gasteiger partial charge in [-0.15, -0.1) is 0 Å². The first-order chi connectivity index (χ1) is 7.04. The summed E-state index contributed by atoms with van der Waals surface area (Å²) in [5.74, 6) is 0.176. The number of benzene rings is 1. The summed E-state index contributed by atoms with van der Waals surface area (Å²) in [5, 5.41) is 0. The van der Waals surface area contributed by atoms with Crippen LogP contribution in [0, 0.1) is 0 Å². The summed E-state index contributed by atoms with van der Waals surface area (Å²) < 4.78 is 10.0. The molecule has 0 amide bonds. The predicted octanol–water partition coefficient (Wildman–Crippen LogP) is 1.84. The number of methoxy groups -OCH3 is 1. The summed E-state index contributed by atoms with van der Waals surface area (Å²) in [7, 11) is 1.53. The molecule has 0 saturated heterocycles. The number of nitrogen functional groups attached to an aromatic ring is 1. The van der Waals surface area contributed by atoms with Gasteiger partial charge in [-0.05, 0) is 32.0 Å². The Hall–Kier alpha value is -1.71. The summed E-state index contributed by atoms with van der Waals surface area (Å²) in [6.07, 6.45) is -0.138. The number of rotatable bonds is 3. The Morgan fingerprint density at radius 3 is 2.53 bits per heavy atom. The molecule has 0 unspecified atom stereocenters. The van der Waals surface area contributed by atoms with E-state index < -0.39 is 0 Å². The molecular formula is C11H15NO3. The van der Waals surface area contributed by atoms with Crippen LogP contribution in [0.2, 0.25) is 0 Å². The Kier molecular flexibility index (Phi) is 3.55. The monoisotopic (exact) mass is 209 g/mol. The highest BCUT2D eigenvalue weighted by molar-refractivity contribution is 5.91. The topological polar surface area (TPSA) is 61.5 Å². The van der Waals surface area contributed by atoms with E-state index in [4.69, 9.17) is 15.2 Å². The van der Waals surface area contributed by atoms with Crippen LogP contribution in [0.25, 0.3) is 0 Å². The number of esters is 1. The van der Waals surface area contributed by atoms with E-state index in [1.54, 1.807) is 32.0 Å². The van der Waals surface area contributed by atoms with Crippen molar-refractivity contribution in [2.24, 2.45) is 0 Å². The van der Waals surface area contributed by atoms with Crippen molar-refractivity contribution in [3.63, 3.8) is 0 Å². The zero-order valence-corrected chi connectivity index (χ0v) is 9.11. The molecule has 1 aromatic rings. The van der Waals surface area contributed by atoms with Crippen LogP contribution in [0.3, 0.4) is 0 Å². The number of ether oxygens (including phenoxy) is 2. The van der Waals surface area contributed by atoms with Crippen molar-refractivity contribution in [3.05, 3.63) is 23.8 Å². The molecule has 15 heavy (non-hydrogen) atoms. The fourth-order valence-electron chi connectivity index (χ4n) is 1.14. The largest absolute Gasteiger partial charge is 0.495 e. The van der Waals surface area contributed by atoms with Gasteiger partial charge in [-0.1, -0.05) is 0 Å². The third-order valence-corrected chi connectivity index (χ3v) is 1.81. The van der Waals surface area contributed by atoms with Crippen molar-refractivity contribution < 1.29 is 14.3 Å². The number of carbonyl (C=O) groups is 1. The molecule has 0 heterocycles. The Balaban J connectivity index is 2.87. The molecule has 0 aliphatic carbocycles. The lowest BCUT2D eigenvalue weighted by Crippen LogP contribution is -2.11. The number of hydrogen-bond acceptors (Lipinski definition) is 4. The van der Waals surface area contributed by atoms with Gasteiger partial charge >= 0.3 is 5.97 Å². The number of hydrogen-bond donors (Lipinski definition) is 1. The Morgan fingerprint density at radius 1 is 1.40 bits per heavy atom. The fraction of sp³-hybridized carbons (Fsp3) is 0.364. The van der Waals surface area contributed by atoms with Crippen LogP contribution in [-0.4, -0.2) is 19.2 Å². The molecular weight excluding hydrogens is 194 g/mol. The molecule has 0 spiro atoms. The van der Waals surface area contributed by atoms with Gasteiger partial charge in [0.1, 0.15) is 5.75 Å². The molecule has 4 heteroatoms. The van der Waals surface area contributed by atoms with Gasteiger partial charge in [0.05, 0.1) is 24.5 Å². The lowest BCUT2D eigenvalue weighted by molar-refractivity contribution is 0.0378. The molecule has 0 bridgehead atoms. The van der Waals surface area contributed by atoms with Crippen molar-refractivity contribution in [2.75, 3.05) is 12.8 Å². The summed E-state index contributed by atoms with van der Waals surface area (Å²) in [4.78, 5) is 11.5. The number of carbonyl (C=O) groups excluding carboxylic acids is 1. The van der Waals surface area contributed by atoms with Gasteiger partial charge in [-0.3, -0.25) is 0 Å². The van der Waals surface area contributed by atoms with E-state index in [2.05, 4.69) is 0 Å². The van der Waals surface area contributed by atoms with Gasteiger partial charge < -0.3 is 15.2 Å². The SMILES string of the molecule is COc1ccc(C(=O)OC(C)C)cc1N. The van der Waals surface area contributed by atoms with Crippen LogP contribution in [0.1, 0.15) is 24.2 Å². The van der Waals surface area contributed by atoms with Crippen molar-refractivity contribution in [1.82, 2.24) is 0 Å². The highest BCUT2D eigenvalue weighted by Gasteiger charge is 2.10. The van der Waals surface area contributed by atoms with Gasteiger partial charge in [-0.25, -0.2) is 4.79 Å². The second-order valence-electron chi connectivity index (χ2n) is 3.41. The van der Waals surface area contributed by atoms with E-state index in [-0.39, 0.29) is 12.1 Å². The average molecular weight is 209 g/mol. The summed E-state index contributed by atoms with van der Waals surface area (Å²) >= 11 is 0. The highest BCUT2D eigenvalue weighted by atomic mass is 16.5. The van der Waals surface area contributed by atoms with Crippen molar-refractivity contribution in [1.29, 1.82) is 0 Å². The van der Waals surface area contributed by atoms with Crippen LogP contribution in [0.15, 0.2) is 18.2 Å². The molecule has 4 nitrogen and oxygen atoms in total. The van der Waals surface area contributed by atoms with Crippen molar-refractivity contribution >= 4 is 11.7 Å². The molecule has 2 N–H and O–H groups in total. The normalized spacial score (nSPS) is 10.1. The maximum atomic E-state index is 11.5. The molecule has 0 aliphatic heterocycles. The van der Waals surface area contributed by atoms with Crippen LogP contribution in [-0.2, 0) is 4.74 Å². The molecule has 0 fully saturated rings. The average Bonchev–Trinajstić information content (AvgIpc) is 2.16. The molecule has 0 aromatic heterocycles. The molecule has 0 aliphatic rings. The standard InChI is InChI=1S/C11H15NO3/c1-7(2)15-11(13)8-4-5-10(14-3)9(12)6-8/h4-7H,12H2,1-3H3. The third kappa shape index (κ3) is 2.87. The second kappa shape index (κ2) is 4.68. The van der Waals surface area contributed by atoms with Crippen LogP contribution < -0.4 is 10.5 Å². The van der Waals surface area contributed by atoms with Crippen LogP contribution >= 0.6 is 0 Å². The van der Waals surface area contributed by atoms with Gasteiger partial charge in [0, 0.05) is 0 Å². The van der Waals surface area contributed by atoms with Gasteiger partial charge in [0.15, 0.2) is 0 Å². The summed E-state index contributed by atoms with van der Waals surface area (Å²) in [6, 6.07) is 4.82. The second-order valence-corrected chi connectivity index (χ2v) is 3.41. The molecule has 1 aromatic carbocycles. The minimum atomic E-state index is -0.376. The summed E-state index contributed by atoms with van der Waals surface area (Å²) in [6.45, 7) is 3.59. The minimum absolute atomic E-state index is 0.138. The predicted molar refractivity (Wildman–Crippen MR) is 58.0 cm³/mol. The maximum absolute atomic E-state index is 11.5. The highest BCUT2D eigenvalue weighted by Crippen LogP contribution is 2.22. The lowest BCUT2D eigenvalue weighted by Gasteiger charge is -2.09. The first kappa shape index (κ1) is 11.4. The van der Waals surface area contributed by atoms with Crippen molar-refractivity contribution in [2.45, 2.75) is 20.0 Å². The Labute approximate surface area is 89.0 Å². The van der Waals surface area contributed by atoms with E-state index in [9.17, 15) is 4.79 Å². The van der Waals surface area contributed by atoms with Gasteiger partial charge in [0.25, 0.3) is 0 Å². The lowest BCUT2D eigenvalue weighted by atomic mass is 10.2. The number of anilines is 1. The quantitative estimate of drug-likeness (QED) is 0.609.